The molecule has 2 amide bonds. The third kappa shape index (κ3) is 6.20. The first-order chi connectivity index (χ1) is 15.8. The fourth-order valence-electron chi connectivity index (χ4n) is 3.14. The molecule has 7 heteroatoms. The average Bonchev–Trinajstić information content (AvgIpc) is 2.79. The first-order valence-electron chi connectivity index (χ1n) is 10.4. The summed E-state index contributed by atoms with van der Waals surface area (Å²) in [7, 11) is 1.44. The highest BCUT2D eigenvalue weighted by atomic mass is 16.6. The Labute approximate surface area is 192 Å². The number of benzene rings is 3. The summed E-state index contributed by atoms with van der Waals surface area (Å²) >= 11 is 0. The quantitative estimate of drug-likeness (QED) is 0.324. The van der Waals surface area contributed by atoms with Gasteiger partial charge in [0.2, 0.25) is 0 Å². The summed E-state index contributed by atoms with van der Waals surface area (Å²) in [6, 6.07) is 19.0. The van der Waals surface area contributed by atoms with E-state index in [1.54, 1.807) is 42.5 Å². The van der Waals surface area contributed by atoms with E-state index in [0.29, 0.717) is 22.4 Å². The molecule has 33 heavy (non-hydrogen) atoms. The van der Waals surface area contributed by atoms with Gasteiger partial charge in [-0.1, -0.05) is 41.5 Å². The molecule has 170 valence electrons. The number of carbonyl (C=O) groups excluding carboxylic acids is 3. The van der Waals surface area contributed by atoms with Gasteiger partial charge in [0.15, 0.2) is 11.5 Å². The number of aryl methyl sites for hydroxylation is 2. The molecule has 0 saturated carbocycles. The van der Waals surface area contributed by atoms with E-state index in [1.165, 1.54) is 14.0 Å². The lowest BCUT2D eigenvalue weighted by molar-refractivity contribution is -0.132. The summed E-state index contributed by atoms with van der Waals surface area (Å²) in [6.07, 6.45) is -0.868. The Morgan fingerprint density at radius 3 is 1.64 bits per heavy atom. The van der Waals surface area contributed by atoms with Crippen LogP contribution in [0.2, 0.25) is 0 Å². The molecule has 0 aliphatic carbocycles. The van der Waals surface area contributed by atoms with Crippen LogP contribution in [-0.2, 0) is 4.79 Å². The number of rotatable bonds is 7. The van der Waals surface area contributed by atoms with Crippen molar-refractivity contribution in [1.29, 1.82) is 0 Å². The Morgan fingerprint density at radius 2 is 1.21 bits per heavy atom. The topological polar surface area (TPSA) is 93.7 Å². The minimum Gasteiger partial charge on any atom is -0.493 e. The molecule has 0 fully saturated rings. The molecule has 0 bridgehead atoms. The van der Waals surface area contributed by atoms with Crippen molar-refractivity contribution in [3.8, 4) is 11.5 Å². The van der Waals surface area contributed by atoms with Crippen LogP contribution in [0, 0.1) is 13.8 Å². The maximum atomic E-state index is 12.9. The highest BCUT2D eigenvalue weighted by Crippen LogP contribution is 2.30. The van der Waals surface area contributed by atoms with Crippen LogP contribution >= 0.6 is 0 Å². The number of esters is 1. The molecule has 0 saturated heterocycles. The second kappa shape index (κ2) is 10.5. The van der Waals surface area contributed by atoms with Gasteiger partial charge in [0.1, 0.15) is 6.17 Å². The molecule has 0 spiro atoms. The van der Waals surface area contributed by atoms with E-state index in [2.05, 4.69) is 10.6 Å². The van der Waals surface area contributed by atoms with Gasteiger partial charge in [-0.25, -0.2) is 0 Å². The minimum atomic E-state index is -0.868. The Kier molecular flexibility index (Phi) is 7.46. The first kappa shape index (κ1) is 23.5. The van der Waals surface area contributed by atoms with Gasteiger partial charge in [-0.3, -0.25) is 14.4 Å². The van der Waals surface area contributed by atoms with Crippen molar-refractivity contribution in [1.82, 2.24) is 10.6 Å². The third-order valence-corrected chi connectivity index (χ3v) is 4.95. The molecule has 3 aromatic carbocycles. The van der Waals surface area contributed by atoms with Gasteiger partial charge in [-0.15, -0.1) is 0 Å². The van der Waals surface area contributed by atoms with Crippen molar-refractivity contribution in [2.24, 2.45) is 0 Å². The van der Waals surface area contributed by atoms with Gasteiger partial charge in [-0.05, 0) is 55.8 Å². The van der Waals surface area contributed by atoms with E-state index in [0.717, 1.165) is 11.1 Å². The molecular weight excluding hydrogens is 420 g/mol. The Morgan fingerprint density at radius 1 is 0.727 bits per heavy atom. The molecule has 7 nitrogen and oxygen atoms in total. The van der Waals surface area contributed by atoms with Crippen LogP contribution < -0.4 is 20.1 Å². The normalized spacial score (nSPS) is 10.5. The van der Waals surface area contributed by atoms with E-state index in [4.69, 9.17) is 9.47 Å². The monoisotopic (exact) mass is 446 g/mol. The molecule has 0 aliphatic rings. The predicted octanol–water partition coefficient (Wildman–Crippen LogP) is 4.10. The van der Waals surface area contributed by atoms with Crippen LogP contribution in [0.1, 0.15) is 50.5 Å². The number of carbonyl (C=O) groups is 3. The van der Waals surface area contributed by atoms with Crippen molar-refractivity contribution in [2.75, 3.05) is 7.11 Å². The van der Waals surface area contributed by atoms with Gasteiger partial charge >= 0.3 is 5.97 Å². The average molecular weight is 447 g/mol. The lowest BCUT2D eigenvalue weighted by Crippen LogP contribution is -2.41. The predicted molar refractivity (Wildman–Crippen MR) is 124 cm³/mol. The maximum Gasteiger partial charge on any atom is 0.308 e. The van der Waals surface area contributed by atoms with E-state index in [9.17, 15) is 14.4 Å². The summed E-state index contributed by atoms with van der Waals surface area (Å²) in [4.78, 5) is 37.2. The molecule has 3 aromatic rings. The van der Waals surface area contributed by atoms with Crippen LogP contribution in [-0.4, -0.2) is 24.9 Å². The van der Waals surface area contributed by atoms with Crippen LogP contribution in [0.5, 0.6) is 11.5 Å². The van der Waals surface area contributed by atoms with E-state index < -0.39 is 12.1 Å². The maximum absolute atomic E-state index is 12.9. The van der Waals surface area contributed by atoms with E-state index >= 15 is 0 Å². The second-order valence-corrected chi connectivity index (χ2v) is 7.62. The zero-order chi connectivity index (χ0) is 24.0. The van der Waals surface area contributed by atoms with Crippen LogP contribution in [0.25, 0.3) is 0 Å². The molecular formula is C26H26N2O5. The van der Waals surface area contributed by atoms with Gasteiger partial charge in [0.05, 0.1) is 7.11 Å². The highest BCUT2D eigenvalue weighted by Gasteiger charge is 2.21. The van der Waals surface area contributed by atoms with Gasteiger partial charge in [0, 0.05) is 18.1 Å². The summed E-state index contributed by atoms with van der Waals surface area (Å²) in [5.74, 6) is -0.665. The standard InChI is InChI=1S/C26H26N2O5/c1-16-5-9-19(10-6-16)25(30)27-24(28-26(31)20-11-7-17(2)8-12-20)21-13-14-22(33-18(3)29)23(15-21)32-4/h5-15,24H,1-4H3,(H,27,30)(H,28,31). The zero-order valence-electron chi connectivity index (χ0n) is 19.0. The number of methoxy groups -OCH3 is 1. The number of hydrogen-bond donors (Lipinski definition) is 2. The van der Waals surface area contributed by atoms with Crippen molar-refractivity contribution >= 4 is 17.8 Å². The third-order valence-electron chi connectivity index (χ3n) is 4.95. The van der Waals surface area contributed by atoms with Gasteiger partial charge < -0.3 is 20.1 Å². The van der Waals surface area contributed by atoms with Crippen LogP contribution in [0.15, 0.2) is 66.7 Å². The van der Waals surface area contributed by atoms with Crippen LogP contribution in [0.4, 0.5) is 0 Å². The first-order valence-corrected chi connectivity index (χ1v) is 10.4. The lowest BCUT2D eigenvalue weighted by Gasteiger charge is -2.22. The summed E-state index contributed by atoms with van der Waals surface area (Å²) in [5.41, 5.74) is 3.52. The Balaban J connectivity index is 1.92. The van der Waals surface area contributed by atoms with Crippen molar-refractivity contribution < 1.29 is 23.9 Å². The molecule has 2 N–H and O–H groups in total. The fraction of sp³-hybridized carbons (Fsp3) is 0.192. The summed E-state index contributed by atoms with van der Waals surface area (Å²) in [6.45, 7) is 5.16. The van der Waals surface area contributed by atoms with Crippen molar-refractivity contribution in [3.63, 3.8) is 0 Å². The highest BCUT2D eigenvalue weighted by molar-refractivity contribution is 5.97. The van der Waals surface area contributed by atoms with Crippen molar-refractivity contribution in [2.45, 2.75) is 26.9 Å². The number of amides is 2. The molecule has 0 radical (unpaired) electrons. The van der Waals surface area contributed by atoms with E-state index in [-0.39, 0.29) is 17.6 Å². The minimum absolute atomic E-state index is 0.238. The van der Waals surface area contributed by atoms with Gasteiger partial charge in [0.25, 0.3) is 11.8 Å². The van der Waals surface area contributed by atoms with E-state index in [1.807, 2.05) is 38.1 Å². The summed E-state index contributed by atoms with van der Waals surface area (Å²) < 4.78 is 10.5. The summed E-state index contributed by atoms with van der Waals surface area (Å²) in [5, 5.41) is 5.72. The molecule has 3 rings (SSSR count). The van der Waals surface area contributed by atoms with Gasteiger partial charge in [-0.2, -0.15) is 0 Å². The smallest absolute Gasteiger partial charge is 0.308 e. The molecule has 0 atom stereocenters. The van der Waals surface area contributed by atoms with Crippen molar-refractivity contribution in [3.05, 3.63) is 94.5 Å². The number of hydrogen-bond acceptors (Lipinski definition) is 5. The molecule has 0 unspecified atom stereocenters. The number of ether oxygens (including phenoxy) is 2. The molecule has 0 heterocycles. The Bertz CT molecular complexity index is 1090. The largest absolute Gasteiger partial charge is 0.493 e. The fourth-order valence-corrected chi connectivity index (χ4v) is 3.14. The SMILES string of the molecule is COc1cc(C(NC(=O)c2ccc(C)cc2)NC(=O)c2ccc(C)cc2)ccc1OC(C)=O. The van der Waals surface area contributed by atoms with Crippen LogP contribution in [0.3, 0.4) is 0 Å². The second-order valence-electron chi connectivity index (χ2n) is 7.62. The lowest BCUT2D eigenvalue weighted by atomic mass is 10.1. The molecule has 0 aromatic heterocycles. The Hall–Kier alpha value is -4.13. The zero-order valence-corrected chi connectivity index (χ0v) is 19.0. The molecule has 0 aliphatic heterocycles. The number of nitrogens with one attached hydrogen (secondary N) is 2.